The van der Waals surface area contributed by atoms with Crippen LogP contribution < -0.4 is 5.32 Å². The van der Waals surface area contributed by atoms with Gasteiger partial charge >= 0.3 is 0 Å². The lowest BCUT2D eigenvalue weighted by Crippen LogP contribution is -2.23. The lowest BCUT2D eigenvalue weighted by molar-refractivity contribution is 0.377. The van der Waals surface area contributed by atoms with Crippen molar-refractivity contribution in [3.63, 3.8) is 0 Å². The summed E-state index contributed by atoms with van der Waals surface area (Å²) in [6.07, 6.45) is 6.55. The van der Waals surface area contributed by atoms with Crippen LogP contribution in [0.4, 0.5) is 0 Å². The van der Waals surface area contributed by atoms with E-state index >= 15 is 0 Å². The van der Waals surface area contributed by atoms with Crippen LogP contribution in [0.5, 0.6) is 0 Å². The van der Waals surface area contributed by atoms with E-state index in [0.29, 0.717) is 5.92 Å². The SMILES string of the molecule is CCCCC(CC)CC(CNCC)c1cccc(Cl)c1. The Morgan fingerprint density at radius 1 is 1.20 bits per heavy atom. The minimum atomic E-state index is 0.579. The first-order chi connectivity index (χ1) is 9.71. The fourth-order valence-electron chi connectivity index (χ4n) is 2.80. The molecule has 0 radical (unpaired) electrons. The molecule has 114 valence electrons. The lowest BCUT2D eigenvalue weighted by Gasteiger charge is -2.23. The molecule has 0 aliphatic rings. The van der Waals surface area contributed by atoms with Crippen molar-refractivity contribution in [1.29, 1.82) is 0 Å². The van der Waals surface area contributed by atoms with E-state index < -0.39 is 0 Å². The van der Waals surface area contributed by atoms with Crippen LogP contribution in [0.3, 0.4) is 0 Å². The smallest absolute Gasteiger partial charge is 0.0408 e. The van der Waals surface area contributed by atoms with Crippen molar-refractivity contribution in [2.24, 2.45) is 5.92 Å². The van der Waals surface area contributed by atoms with Gasteiger partial charge in [0, 0.05) is 11.6 Å². The van der Waals surface area contributed by atoms with E-state index in [0.717, 1.165) is 24.0 Å². The van der Waals surface area contributed by atoms with Gasteiger partial charge in [-0.25, -0.2) is 0 Å². The van der Waals surface area contributed by atoms with Gasteiger partial charge in [-0.05, 0) is 42.5 Å². The minimum absolute atomic E-state index is 0.579. The molecule has 1 N–H and O–H groups in total. The van der Waals surface area contributed by atoms with E-state index in [4.69, 9.17) is 11.6 Å². The molecule has 0 saturated carbocycles. The highest BCUT2D eigenvalue weighted by atomic mass is 35.5. The van der Waals surface area contributed by atoms with Crippen molar-refractivity contribution < 1.29 is 0 Å². The summed E-state index contributed by atoms with van der Waals surface area (Å²) in [6, 6.07) is 8.39. The van der Waals surface area contributed by atoms with E-state index in [1.54, 1.807) is 0 Å². The van der Waals surface area contributed by atoms with Crippen LogP contribution in [0, 0.1) is 5.92 Å². The Kier molecular flexibility index (Phi) is 8.97. The maximum atomic E-state index is 6.16. The van der Waals surface area contributed by atoms with Crippen LogP contribution in [-0.2, 0) is 0 Å². The molecule has 0 aliphatic carbocycles. The number of likely N-dealkylation sites (N-methyl/N-ethyl adjacent to an activating group) is 1. The van der Waals surface area contributed by atoms with Gasteiger partial charge in [-0.1, -0.05) is 70.2 Å². The lowest BCUT2D eigenvalue weighted by atomic mass is 9.85. The number of rotatable bonds is 10. The molecule has 2 atom stereocenters. The van der Waals surface area contributed by atoms with Gasteiger partial charge in [0.1, 0.15) is 0 Å². The number of nitrogens with one attached hydrogen (secondary N) is 1. The highest BCUT2D eigenvalue weighted by Gasteiger charge is 2.17. The maximum Gasteiger partial charge on any atom is 0.0408 e. The summed E-state index contributed by atoms with van der Waals surface area (Å²) in [4.78, 5) is 0. The van der Waals surface area contributed by atoms with Gasteiger partial charge in [-0.15, -0.1) is 0 Å². The van der Waals surface area contributed by atoms with Gasteiger partial charge in [0.15, 0.2) is 0 Å². The molecule has 0 saturated heterocycles. The summed E-state index contributed by atoms with van der Waals surface area (Å²) in [7, 11) is 0. The van der Waals surface area contributed by atoms with Gasteiger partial charge in [-0.3, -0.25) is 0 Å². The third kappa shape index (κ3) is 6.28. The van der Waals surface area contributed by atoms with Crippen molar-refractivity contribution in [3.05, 3.63) is 34.9 Å². The monoisotopic (exact) mass is 295 g/mol. The highest BCUT2D eigenvalue weighted by molar-refractivity contribution is 6.30. The topological polar surface area (TPSA) is 12.0 Å². The predicted octanol–water partition coefficient (Wildman–Crippen LogP) is 5.64. The second-order valence-corrected chi connectivity index (χ2v) is 6.15. The zero-order chi connectivity index (χ0) is 14.8. The van der Waals surface area contributed by atoms with E-state index in [1.807, 2.05) is 6.07 Å². The van der Waals surface area contributed by atoms with Gasteiger partial charge in [-0.2, -0.15) is 0 Å². The Bertz CT molecular complexity index is 364. The fraction of sp³-hybridized carbons (Fsp3) is 0.667. The first-order valence-corrected chi connectivity index (χ1v) is 8.55. The van der Waals surface area contributed by atoms with Crippen LogP contribution in [0.2, 0.25) is 5.02 Å². The molecule has 20 heavy (non-hydrogen) atoms. The molecule has 1 aromatic rings. The molecule has 0 aromatic heterocycles. The summed E-state index contributed by atoms with van der Waals surface area (Å²) in [5.41, 5.74) is 1.38. The van der Waals surface area contributed by atoms with Crippen molar-refractivity contribution in [2.45, 2.75) is 58.8 Å². The average Bonchev–Trinajstić information content (AvgIpc) is 2.46. The first kappa shape index (κ1) is 17.5. The van der Waals surface area contributed by atoms with Crippen molar-refractivity contribution >= 4 is 11.6 Å². The molecule has 0 bridgehead atoms. The number of hydrogen-bond acceptors (Lipinski definition) is 1. The molecule has 0 heterocycles. The molecule has 1 rings (SSSR count). The summed E-state index contributed by atoms with van der Waals surface area (Å²) in [5.74, 6) is 1.41. The van der Waals surface area contributed by atoms with Gasteiger partial charge in [0.05, 0.1) is 0 Å². The Morgan fingerprint density at radius 3 is 2.60 bits per heavy atom. The Morgan fingerprint density at radius 2 is 2.00 bits per heavy atom. The number of benzene rings is 1. The van der Waals surface area contributed by atoms with Crippen LogP contribution >= 0.6 is 11.6 Å². The second kappa shape index (κ2) is 10.2. The van der Waals surface area contributed by atoms with Crippen LogP contribution in [0.15, 0.2) is 24.3 Å². The van der Waals surface area contributed by atoms with E-state index in [2.05, 4.69) is 44.3 Å². The third-order valence-corrected chi connectivity index (χ3v) is 4.36. The van der Waals surface area contributed by atoms with E-state index in [9.17, 15) is 0 Å². The number of unbranched alkanes of at least 4 members (excludes halogenated alkanes) is 1. The predicted molar refractivity (Wildman–Crippen MR) is 90.7 cm³/mol. The zero-order valence-corrected chi connectivity index (χ0v) is 14.0. The molecule has 1 aromatic carbocycles. The molecule has 2 unspecified atom stereocenters. The van der Waals surface area contributed by atoms with E-state index in [1.165, 1.54) is 37.7 Å². The van der Waals surface area contributed by atoms with Gasteiger partial charge < -0.3 is 5.32 Å². The minimum Gasteiger partial charge on any atom is -0.316 e. The molecular formula is C18H30ClN. The zero-order valence-electron chi connectivity index (χ0n) is 13.3. The molecule has 0 amide bonds. The van der Waals surface area contributed by atoms with E-state index in [-0.39, 0.29) is 0 Å². The Hall–Kier alpha value is -0.530. The van der Waals surface area contributed by atoms with Crippen LogP contribution in [-0.4, -0.2) is 13.1 Å². The van der Waals surface area contributed by atoms with Gasteiger partial charge in [0.25, 0.3) is 0 Å². The maximum absolute atomic E-state index is 6.16. The Labute approximate surface area is 130 Å². The molecule has 1 nitrogen and oxygen atoms in total. The summed E-state index contributed by atoms with van der Waals surface area (Å²) in [5, 5.41) is 4.36. The summed E-state index contributed by atoms with van der Waals surface area (Å²) in [6.45, 7) is 8.86. The van der Waals surface area contributed by atoms with Crippen molar-refractivity contribution in [3.8, 4) is 0 Å². The molecule has 0 fully saturated rings. The Balaban J connectivity index is 2.72. The van der Waals surface area contributed by atoms with Gasteiger partial charge in [0.2, 0.25) is 0 Å². The first-order valence-electron chi connectivity index (χ1n) is 8.17. The molecule has 2 heteroatoms. The number of hydrogen-bond donors (Lipinski definition) is 1. The average molecular weight is 296 g/mol. The molecular weight excluding hydrogens is 266 g/mol. The second-order valence-electron chi connectivity index (χ2n) is 5.71. The molecule has 0 aliphatic heterocycles. The normalized spacial score (nSPS) is 14.2. The quantitative estimate of drug-likeness (QED) is 0.589. The number of halogens is 1. The van der Waals surface area contributed by atoms with Crippen molar-refractivity contribution in [2.75, 3.05) is 13.1 Å². The standard InChI is InChI=1S/C18H30ClN/c1-4-7-9-15(5-2)12-17(14-20-6-3)16-10-8-11-18(19)13-16/h8,10-11,13,15,17,20H,4-7,9,12,14H2,1-3H3. The summed E-state index contributed by atoms with van der Waals surface area (Å²) >= 11 is 6.16. The fourth-order valence-corrected chi connectivity index (χ4v) is 3.00. The third-order valence-electron chi connectivity index (χ3n) is 4.12. The summed E-state index contributed by atoms with van der Waals surface area (Å²) < 4.78 is 0. The van der Waals surface area contributed by atoms with Crippen LogP contribution in [0.25, 0.3) is 0 Å². The highest BCUT2D eigenvalue weighted by Crippen LogP contribution is 2.29. The molecule has 0 spiro atoms. The van der Waals surface area contributed by atoms with Crippen molar-refractivity contribution in [1.82, 2.24) is 5.32 Å². The largest absolute Gasteiger partial charge is 0.316 e. The van der Waals surface area contributed by atoms with Crippen LogP contribution in [0.1, 0.15) is 64.4 Å².